The fourth-order valence-corrected chi connectivity index (χ4v) is 4.53. The lowest BCUT2D eigenvalue weighted by molar-refractivity contribution is 0.378. The van der Waals surface area contributed by atoms with Gasteiger partial charge in [-0.25, -0.2) is 65.9 Å². The van der Waals surface area contributed by atoms with E-state index in [1.807, 2.05) is 11.2 Å². The number of aromatic nitrogens is 1. The first-order valence-electron chi connectivity index (χ1n) is 11.3. The summed E-state index contributed by atoms with van der Waals surface area (Å²) in [5.74, 6) is -40.8. The van der Waals surface area contributed by atoms with Crippen LogP contribution in [-0.2, 0) is 0 Å². The summed E-state index contributed by atoms with van der Waals surface area (Å²) in [6, 6.07) is 0.369. The molecule has 0 spiro atoms. The molecule has 0 aliphatic rings. The van der Waals surface area contributed by atoms with E-state index in [0.717, 1.165) is 0 Å². The van der Waals surface area contributed by atoms with Crippen molar-refractivity contribution in [2.45, 2.75) is 0 Å². The van der Waals surface area contributed by atoms with Crippen molar-refractivity contribution < 1.29 is 70.6 Å². The predicted octanol–water partition coefficient (Wildman–Crippen LogP) is 9.06. The monoisotopic (exact) mass is 644 g/mol. The first-order valence-corrected chi connectivity index (χ1v) is 11.3. The van der Waals surface area contributed by atoms with E-state index in [9.17, 15) is 57.1 Å². The molecule has 5 rings (SSSR count). The van der Waals surface area contributed by atoms with Crippen LogP contribution in [0.15, 0.2) is 6.07 Å². The van der Waals surface area contributed by atoms with E-state index >= 15 is 8.78 Å². The molecule has 2 nitrogen and oxygen atoms in total. The number of aromatic amines is 1. The molecule has 1 radical (unpaired) electrons. The van der Waals surface area contributed by atoms with Gasteiger partial charge in [0, 0.05) is 27.6 Å². The maximum Gasteiger partial charge on any atom is 0.200 e. The fourth-order valence-electron chi connectivity index (χ4n) is 4.53. The van der Waals surface area contributed by atoms with Gasteiger partial charge < -0.3 is 9.72 Å². The van der Waals surface area contributed by atoms with E-state index in [4.69, 9.17) is 4.74 Å². The predicted molar refractivity (Wildman–Crippen MR) is 119 cm³/mol. The van der Waals surface area contributed by atoms with Gasteiger partial charge in [0.1, 0.15) is 5.75 Å². The van der Waals surface area contributed by atoms with Crippen molar-refractivity contribution in [3.8, 4) is 39.1 Å². The van der Waals surface area contributed by atoms with Crippen LogP contribution in [0.25, 0.3) is 44.3 Å². The Morgan fingerprint density at radius 1 is 0.455 bits per heavy atom. The summed E-state index contributed by atoms with van der Waals surface area (Å²) in [6.45, 7) is 0. The van der Waals surface area contributed by atoms with Gasteiger partial charge >= 0.3 is 0 Å². The molecule has 0 bridgehead atoms. The first-order chi connectivity index (χ1) is 20.6. The lowest BCUT2D eigenvalue weighted by atomic mass is 9.89. The molecule has 17 heteroatoms. The van der Waals surface area contributed by atoms with Gasteiger partial charge in [0.05, 0.1) is 30.0 Å². The molecule has 0 saturated carbocycles. The second-order valence-corrected chi connectivity index (χ2v) is 8.71. The summed E-state index contributed by atoms with van der Waals surface area (Å²) < 4.78 is 221. The maximum absolute atomic E-state index is 15.2. The molecule has 0 aliphatic carbocycles. The molecule has 5 aromatic rings. The van der Waals surface area contributed by atoms with Crippen LogP contribution in [0.2, 0.25) is 0 Å². The number of rotatable bonds is 4. The van der Waals surface area contributed by atoms with Gasteiger partial charge in [0.2, 0.25) is 17.5 Å². The third-order valence-electron chi connectivity index (χ3n) is 6.45. The topological polar surface area (TPSA) is 25.0 Å². The van der Waals surface area contributed by atoms with Gasteiger partial charge in [-0.15, -0.1) is 0 Å². The van der Waals surface area contributed by atoms with Crippen LogP contribution in [0.3, 0.4) is 0 Å². The van der Waals surface area contributed by atoms with Crippen molar-refractivity contribution in [2.75, 3.05) is 7.11 Å². The van der Waals surface area contributed by atoms with Crippen LogP contribution >= 0.6 is 0 Å². The molecule has 0 unspecified atom stereocenters. The molecule has 1 heterocycles. The Bertz CT molecular complexity index is 1980. The van der Waals surface area contributed by atoms with E-state index in [2.05, 4.69) is 0 Å². The van der Waals surface area contributed by atoms with Crippen molar-refractivity contribution in [3.63, 3.8) is 0 Å². The largest absolute Gasteiger partial charge is 0.495 e. The van der Waals surface area contributed by atoms with Crippen molar-refractivity contribution in [1.29, 1.82) is 0 Å². The number of hydrogen-bond acceptors (Lipinski definition) is 1. The number of benzene rings is 4. The molecule has 0 atom stereocenters. The minimum atomic E-state index is -2.74. The highest BCUT2D eigenvalue weighted by Gasteiger charge is 2.36. The van der Waals surface area contributed by atoms with E-state index in [-0.39, 0.29) is 0 Å². The summed E-state index contributed by atoms with van der Waals surface area (Å²) in [7, 11) is 0.515. The van der Waals surface area contributed by atoms with Crippen LogP contribution in [0.5, 0.6) is 5.75 Å². The number of nitrogens with one attached hydrogen (secondary N) is 1. The van der Waals surface area contributed by atoms with Gasteiger partial charge in [-0.1, -0.05) is 0 Å². The average Bonchev–Trinajstić information content (AvgIpc) is 3.42. The zero-order valence-corrected chi connectivity index (χ0v) is 20.7. The molecule has 1 aromatic heterocycles. The zero-order valence-electron chi connectivity index (χ0n) is 20.7. The van der Waals surface area contributed by atoms with Crippen molar-refractivity contribution in [3.05, 3.63) is 99.5 Å². The molecule has 1 N–H and O–H groups in total. The smallest absolute Gasteiger partial charge is 0.200 e. The Kier molecular flexibility index (Phi) is 7.25. The lowest BCUT2D eigenvalue weighted by Gasteiger charge is -2.19. The number of H-pyrrole nitrogens is 1. The molecule has 4 aromatic carbocycles. The average molecular weight is 644 g/mol. The second kappa shape index (κ2) is 10.4. The molecular formula is C27H5F15NO. The van der Waals surface area contributed by atoms with Gasteiger partial charge in [0.15, 0.2) is 69.8 Å². The summed E-state index contributed by atoms with van der Waals surface area (Å²) in [5.41, 5.74) is -11.0. The van der Waals surface area contributed by atoms with E-state index < -0.39 is 137 Å². The molecule has 0 amide bonds. The number of methoxy groups -OCH3 is 1. The normalized spacial score (nSPS) is 11.6. The van der Waals surface area contributed by atoms with Crippen molar-refractivity contribution in [2.24, 2.45) is 0 Å². The Balaban J connectivity index is 2.10. The SMILES string of the molecule is COc1c(-c2c(F)c(F)c(F)c(F)c2F)cc2[nH][c]c(-c3c(F)c(F)c(F)c(F)c3F)c2c1-c1c(F)c(F)c(F)c(F)c1F. The molecule has 0 fully saturated rings. The molecular weight excluding hydrogens is 639 g/mol. The first kappa shape index (κ1) is 30.6. The van der Waals surface area contributed by atoms with Crippen molar-refractivity contribution in [1.82, 2.24) is 4.98 Å². The maximum atomic E-state index is 15.2. The van der Waals surface area contributed by atoms with E-state index in [1.54, 1.807) is 0 Å². The standard InChI is InChI=1S/C27H5F15NO/c1-44-27-4(8-12(28)18(34)24(40)19(35)13(8)29)2-6-7(10(27)11-16(32)22(38)26(42)23(39)17(11)33)5(3-43-6)9-14(30)20(36)25(41)21(37)15(9)31/h2,43H,1H3. The fraction of sp³-hybridized carbons (Fsp3) is 0.0370. The Morgan fingerprint density at radius 2 is 0.795 bits per heavy atom. The summed E-state index contributed by atoms with van der Waals surface area (Å²) >= 11 is 0. The second-order valence-electron chi connectivity index (χ2n) is 8.71. The Morgan fingerprint density at radius 3 is 1.18 bits per heavy atom. The lowest BCUT2D eigenvalue weighted by Crippen LogP contribution is -2.08. The van der Waals surface area contributed by atoms with Gasteiger partial charge in [0.25, 0.3) is 0 Å². The molecule has 44 heavy (non-hydrogen) atoms. The minimum absolute atomic E-state index is 0.369. The van der Waals surface area contributed by atoms with Crippen LogP contribution in [0.1, 0.15) is 0 Å². The van der Waals surface area contributed by atoms with Gasteiger partial charge in [-0.2, -0.15) is 0 Å². The zero-order chi connectivity index (χ0) is 32.7. The van der Waals surface area contributed by atoms with E-state index in [1.165, 1.54) is 0 Å². The van der Waals surface area contributed by atoms with Crippen molar-refractivity contribution >= 4 is 10.9 Å². The minimum Gasteiger partial charge on any atom is -0.495 e. The highest BCUT2D eigenvalue weighted by molar-refractivity contribution is 6.11. The van der Waals surface area contributed by atoms with Crippen LogP contribution in [0.4, 0.5) is 65.9 Å². The number of hydrogen-bond donors (Lipinski definition) is 1. The van der Waals surface area contributed by atoms with Gasteiger partial charge in [-0.3, -0.25) is 0 Å². The summed E-state index contributed by atoms with van der Waals surface area (Å²) in [6.07, 6.45) is 1.85. The third-order valence-corrected chi connectivity index (χ3v) is 6.45. The molecule has 0 aliphatic heterocycles. The Labute approximate surface area is 232 Å². The van der Waals surface area contributed by atoms with E-state index in [0.29, 0.717) is 13.2 Å². The van der Waals surface area contributed by atoms with Crippen LogP contribution < -0.4 is 4.74 Å². The quantitative estimate of drug-likeness (QED) is 0.118. The highest BCUT2D eigenvalue weighted by Crippen LogP contribution is 2.51. The molecule has 0 saturated heterocycles. The third kappa shape index (κ3) is 4.01. The van der Waals surface area contributed by atoms with Gasteiger partial charge in [-0.05, 0) is 6.07 Å². The number of ether oxygens (including phenoxy) is 1. The number of halogens is 15. The highest BCUT2D eigenvalue weighted by atomic mass is 19.2. The summed E-state index contributed by atoms with van der Waals surface area (Å²) in [4.78, 5) is 1.96. The summed E-state index contributed by atoms with van der Waals surface area (Å²) in [5, 5.41) is -1.19. The van der Waals surface area contributed by atoms with Crippen LogP contribution in [-0.4, -0.2) is 12.1 Å². The molecule has 229 valence electrons. The Hall–Kier alpha value is -4.83. The van der Waals surface area contributed by atoms with Crippen LogP contribution in [0, 0.1) is 93.5 Å². The number of fused-ring (bicyclic) bond motifs is 1.